The Balaban J connectivity index is 1.53. The Labute approximate surface area is 183 Å². The van der Waals surface area contributed by atoms with Crippen molar-refractivity contribution < 1.29 is 14.0 Å². The molecule has 1 aliphatic heterocycles. The van der Waals surface area contributed by atoms with Gasteiger partial charge in [0.1, 0.15) is 5.82 Å². The third kappa shape index (κ3) is 6.87. The predicted molar refractivity (Wildman–Crippen MR) is 119 cm³/mol. The van der Waals surface area contributed by atoms with E-state index in [0.717, 1.165) is 37.3 Å². The van der Waals surface area contributed by atoms with Crippen molar-refractivity contribution >= 4 is 11.8 Å². The molecule has 2 aromatic rings. The standard InChI is InChI=1S/C24H31FN4O2/c1-18-3-7-20(8-4-18)22(29-15-13-28(2)14-16-29)17-27-24(31)23(30)26-12-11-19-5-9-21(25)10-6-19/h3-10,22H,11-17H2,1-2H3,(H,26,30)(H,27,31). The Bertz CT molecular complexity index is 862. The van der Waals surface area contributed by atoms with Crippen LogP contribution in [0, 0.1) is 12.7 Å². The Morgan fingerprint density at radius 2 is 1.55 bits per heavy atom. The SMILES string of the molecule is Cc1ccc(C(CNC(=O)C(=O)NCCc2ccc(F)cc2)N2CCN(C)CC2)cc1. The number of aryl methyl sites for hydroxylation is 1. The van der Waals surface area contributed by atoms with Crippen LogP contribution in [0.2, 0.25) is 0 Å². The van der Waals surface area contributed by atoms with Crippen molar-refractivity contribution in [2.75, 3.05) is 46.3 Å². The van der Waals surface area contributed by atoms with Crippen molar-refractivity contribution in [3.8, 4) is 0 Å². The van der Waals surface area contributed by atoms with Crippen LogP contribution in [0.5, 0.6) is 0 Å². The summed E-state index contributed by atoms with van der Waals surface area (Å²) in [5, 5.41) is 5.44. The van der Waals surface area contributed by atoms with Gasteiger partial charge in [-0.15, -0.1) is 0 Å². The van der Waals surface area contributed by atoms with E-state index in [2.05, 4.69) is 51.7 Å². The summed E-state index contributed by atoms with van der Waals surface area (Å²) in [7, 11) is 2.11. The molecule has 1 heterocycles. The van der Waals surface area contributed by atoms with Gasteiger partial charge < -0.3 is 15.5 Å². The molecule has 7 heteroatoms. The van der Waals surface area contributed by atoms with Crippen LogP contribution in [0.25, 0.3) is 0 Å². The number of likely N-dealkylation sites (N-methyl/N-ethyl adjacent to an activating group) is 1. The highest BCUT2D eigenvalue weighted by Crippen LogP contribution is 2.22. The molecule has 2 amide bonds. The molecule has 31 heavy (non-hydrogen) atoms. The van der Waals surface area contributed by atoms with E-state index in [1.807, 2.05) is 6.92 Å². The molecular formula is C24H31FN4O2. The summed E-state index contributed by atoms with van der Waals surface area (Å²) in [4.78, 5) is 29.2. The lowest BCUT2D eigenvalue weighted by Gasteiger charge is -2.38. The number of amides is 2. The summed E-state index contributed by atoms with van der Waals surface area (Å²) >= 11 is 0. The van der Waals surface area contributed by atoms with Crippen LogP contribution in [-0.2, 0) is 16.0 Å². The zero-order valence-corrected chi connectivity index (χ0v) is 18.2. The fraction of sp³-hybridized carbons (Fsp3) is 0.417. The topological polar surface area (TPSA) is 64.7 Å². The zero-order valence-electron chi connectivity index (χ0n) is 18.2. The van der Waals surface area contributed by atoms with Gasteiger partial charge in [0.15, 0.2) is 0 Å². The molecule has 0 saturated carbocycles. The van der Waals surface area contributed by atoms with Gasteiger partial charge >= 0.3 is 11.8 Å². The summed E-state index contributed by atoms with van der Waals surface area (Å²) in [6, 6.07) is 14.4. The molecule has 166 valence electrons. The van der Waals surface area contributed by atoms with Crippen molar-refractivity contribution in [3.05, 3.63) is 71.0 Å². The molecule has 2 aromatic carbocycles. The van der Waals surface area contributed by atoms with Gasteiger partial charge in [-0.05, 0) is 43.7 Å². The van der Waals surface area contributed by atoms with E-state index in [1.165, 1.54) is 17.7 Å². The van der Waals surface area contributed by atoms with Gasteiger partial charge in [0, 0.05) is 39.3 Å². The first-order valence-electron chi connectivity index (χ1n) is 10.7. The highest BCUT2D eigenvalue weighted by atomic mass is 19.1. The van der Waals surface area contributed by atoms with Gasteiger partial charge in [0.25, 0.3) is 0 Å². The quantitative estimate of drug-likeness (QED) is 0.664. The monoisotopic (exact) mass is 426 g/mol. The Morgan fingerprint density at radius 1 is 0.935 bits per heavy atom. The molecule has 0 bridgehead atoms. The third-order valence-corrected chi connectivity index (χ3v) is 5.72. The number of hydrogen-bond acceptors (Lipinski definition) is 4. The first-order chi connectivity index (χ1) is 14.9. The summed E-state index contributed by atoms with van der Waals surface area (Å²) in [5.74, 6) is -1.58. The van der Waals surface area contributed by atoms with Crippen molar-refractivity contribution in [2.24, 2.45) is 0 Å². The number of carbonyl (C=O) groups excluding carboxylic acids is 2. The molecule has 1 fully saturated rings. The van der Waals surface area contributed by atoms with Crippen molar-refractivity contribution in [2.45, 2.75) is 19.4 Å². The fourth-order valence-corrected chi connectivity index (χ4v) is 3.70. The summed E-state index contributed by atoms with van der Waals surface area (Å²) in [5.41, 5.74) is 3.22. The van der Waals surface area contributed by atoms with E-state index in [0.29, 0.717) is 19.5 Å². The minimum absolute atomic E-state index is 0.0188. The number of benzene rings is 2. The van der Waals surface area contributed by atoms with E-state index >= 15 is 0 Å². The lowest BCUT2D eigenvalue weighted by atomic mass is 10.0. The van der Waals surface area contributed by atoms with Gasteiger partial charge in [-0.2, -0.15) is 0 Å². The van der Waals surface area contributed by atoms with Crippen LogP contribution in [-0.4, -0.2) is 67.9 Å². The Kier molecular flexibility index (Phi) is 8.14. The van der Waals surface area contributed by atoms with Crippen molar-refractivity contribution in [3.63, 3.8) is 0 Å². The van der Waals surface area contributed by atoms with Crippen LogP contribution >= 0.6 is 0 Å². The Hall–Kier alpha value is -2.77. The normalized spacial score (nSPS) is 16.0. The molecule has 0 radical (unpaired) electrons. The largest absolute Gasteiger partial charge is 0.348 e. The molecule has 0 aliphatic carbocycles. The van der Waals surface area contributed by atoms with Gasteiger partial charge in [0.2, 0.25) is 0 Å². The van der Waals surface area contributed by atoms with E-state index in [1.54, 1.807) is 12.1 Å². The molecule has 1 saturated heterocycles. The molecule has 1 atom stereocenters. The lowest BCUT2D eigenvalue weighted by molar-refractivity contribution is -0.139. The van der Waals surface area contributed by atoms with Crippen molar-refractivity contribution in [1.29, 1.82) is 0 Å². The minimum Gasteiger partial charge on any atom is -0.348 e. The summed E-state index contributed by atoms with van der Waals surface area (Å²) < 4.78 is 13.0. The zero-order chi connectivity index (χ0) is 22.2. The number of nitrogens with one attached hydrogen (secondary N) is 2. The number of nitrogens with zero attached hydrogens (tertiary/aromatic N) is 2. The lowest BCUT2D eigenvalue weighted by Crippen LogP contribution is -2.49. The van der Waals surface area contributed by atoms with Gasteiger partial charge in [0.05, 0.1) is 6.04 Å². The maximum atomic E-state index is 13.0. The van der Waals surface area contributed by atoms with Crippen LogP contribution < -0.4 is 10.6 Å². The van der Waals surface area contributed by atoms with Crippen LogP contribution in [0.15, 0.2) is 48.5 Å². The van der Waals surface area contributed by atoms with E-state index in [-0.39, 0.29) is 11.9 Å². The number of piperazine rings is 1. The maximum absolute atomic E-state index is 13.0. The average Bonchev–Trinajstić information content (AvgIpc) is 2.77. The van der Waals surface area contributed by atoms with E-state index in [4.69, 9.17) is 0 Å². The van der Waals surface area contributed by atoms with E-state index < -0.39 is 11.8 Å². The van der Waals surface area contributed by atoms with Crippen LogP contribution in [0.1, 0.15) is 22.7 Å². The number of rotatable bonds is 7. The molecule has 3 rings (SSSR count). The van der Waals surface area contributed by atoms with Crippen LogP contribution in [0.3, 0.4) is 0 Å². The van der Waals surface area contributed by atoms with Gasteiger partial charge in [-0.3, -0.25) is 14.5 Å². The molecule has 0 spiro atoms. The second-order valence-electron chi connectivity index (χ2n) is 8.11. The molecule has 1 aliphatic rings. The third-order valence-electron chi connectivity index (χ3n) is 5.72. The molecule has 2 N–H and O–H groups in total. The highest BCUT2D eigenvalue weighted by molar-refractivity contribution is 6.35. The highest BCUT2D eigenvalue weighted by Gasteiger charge is 2.25. The molecule has 1 unspecified atom stereocenters. The van der Waals surface area contributed by atoms with Crippen LogP contribution in [0.4, 0.5) is 4.39 Å². The summed E-state index contributed by atoms with van der Waals surface area (Å²) in [6.45, 7) is 6.51. The first kappa shape index (κ1) is 22.9. The van der Waals surface area contributed by atoms with E-state index in [9.17, 15) is 14.0 Å². The first-order valence-corrected chi connectivity index (χ1v) is 10.7. The molecular weight excluding hydrogens is 395 g/mol. The Morgan fingerprint density at radius 3 is 2.19 bits per heavy atom. The predicted octanol–water partition coefficient (Wildman–Crippen LogP) is 1.90. The molecule has 0 aromatic heterocycles. The number of hydrogen-bond donors (Lipinski definition) is 2. The van der Waals surface area contributed by atoms with Gasteiger partial charge in [-0.25, -0.2) is 4.39 Å². The second-order valence-corrected chi connectivity index (χ2v) is 8.11. The average molecular weight is 427 g/mol. The maximum Gasteiger partial charge on any atom is 0.309 e. The molecule has 6 nitrogen and oxygen atoms in total. The van der Waals surface area contributed by atoms with Gasteiger partial charge in [-0.1, -0.05) is 42.0 Å². The smallest absolute Gasteiger partial charge is 0.309 e. The summed E-state index contributed by atoms with van der Waals surface area (Å²) in [6.07, 6.45) is 0.534. The number of carbonyl (C=O) groups is 2. The minimum atomic E-state index is -0.650. The fourth-order valence-electron chi connectivity index (χ4n) is 3.70. The second kappa shape index (κ2) is 11.0. The number of halogens is 1. The van der Waals surface area contributed by atoms with Crippen molar-refractivity contribution in [1.82, 2.24) is 20.4 Å².